The van der Waals surface area contributed by atoms with Crippen molar-refractivity contribution in [3.63, 3.8) is 0 Å². The first-order valence-electron chi connectivity index (χ1n) is 7.54. The van der Waals surface area contributed by atoms with Gasteiger partial charge in [-0.1, -0.05) is 19.9 Å². The summed E-state index contributed by atoms with van der Waals surface area (Å²) >= 11 is 0. The molecule has 1 saturated heterocycles. The summed E-state index contributed by atoms with van der Waals surface area (Å²) < 4.78 is 12.5. The normalized spacial score (nSPS) is 23.8. The van der Waals surface area contributed by atoms with Crippen LogP contribution in [-0.2, 0) is 11.3 Å². The van der Waals surface area contributed by atoms with Crippen molar-refractivity contribution in [2.24, 2.45) is 5.92 Å². The zero-order chi connectivity index (χ0) is 15.0. The Labute approximate surface area is 123 Å². The van der Waals surface area contributed by atoms with E-state index in [9.17, 15) is 9.90 Å². The molecular weight excluding hydrogens is 270 g/mol. The molecule has 0 radical (unpaired) electrons. The van der Waals surface area contributed by atoms with Crippen molar-refractivity contribution in [3.05, 3.63) is 34.3 Å². The smallest absolute Gasteiger partial charge is 0.408 e. The van der Waals surface area contributed by atoms with Gasteiger partial charge >= 0.3 is 5.76 Å². The lowest BCUT2D eigenvalue weighted by atomic mass is 9.94. The number of aliphatic hydroxyl groups is 1. The van der Waals surface area contributed by atoms with Crippen molar-refractivity contribution in [2.45, 2.75) is 45.4 Å². The van der Waals surface area contributed by atoms with E-state index in [0.717, 1.165) is 23.9 Å². The number of aromatic nitrogens is 1. The zero-order valence-corrected chi connectivity index (χ0v) is 12.4. The van der Waals surface area contributed by atoms with E-state index in [0.29, 0.717) is 24.7 Å². The van der Waals surface area contributed by atoms with Crippen molar-refractivity contribution in [2.75, 3.05) is 6.61 Å². The number of ether oxygens (including phenoxy) is 1. The summed E-state index contributed by atoms with van der Waals surface area (Å²) in [5.41, 5.74) is 2.03. The van der Waals surface area contributed by atoms with Crippen molar-refractivity contribution >= 4 is 11.1 Å². The van der Waals surface area contributed by atoms with Crippen LogP contribution in [-0.4, -0.2) is 22.4 Å². The largest absolute Gasteiger partial charge is 0.419 e. The van der Waals surface area contributed by atoms with Gasteiger partial charge < -0.3 is 14.3 Å². The Morgan fingerprint density at radius 2 is 2.29 bits per heavy atom. The van der Waals surface area contributed by atoms with Crippen LogP contribution in [0.15, 0.2) is 27.4 Å². The SMILES string of the molecule is CCCn1c(=O)oc2cc(C(O)C3OCCC3C)ccc21. The summed E-state index contributed by atoms with van der Waals surface area (Å²) in [6.45, 7) is 5.42. The van der Waals surface area contributed by atoms with Crippen molar-refractivity contribution in [1.82, 2.24) is 4.57 Å². The van der Waals surface area contributed by atoms with E-state index in [4.69, 9.17) is 9.15 Å². The highest BCUT2D eigenvalue weighted by molar-refractivity contribution is 5.73. The number of rotatable bonds is 4. The topological polar surface area (TPSA) is 64.6 Å². The number of nitrogens with zero attached hydrogens (tertiary/aromatic N) is 1. The molecular formula is C16H21NO4. The van der Waals surface area contributed by atoms with Gasteiger partial charge in [-0.3, -0.25) is 4.57 Å². The molecule has 3 unspecified atom stereocenters. The van der Waals surface area contributed by atoms with E-state index in [1.165, 1.54) is 0 Å². The predicted octanol–water partition coefficient (Wildman–Crippen LogP) is 2.46. The third kappa shape index (κ3) is 2.51. The minimum Gasteiger partial charge on any atom is -0.408 e. The molecule has 5 nitrogen and oxygen atoms in total. The molecule has 3 atom stereocenters. The number of hydrogen-bond donors (Lipinski definition) is 1. The minimum absolute atomic E-state index is 0.188. The average Bonchev–Trinajstić information content (AvgIpc) is 3.02. The maximum Gasteiger partial charge on any atom is 0.419 e. The third-order valence-corrected chi connectivity index (χ3v) is 4.24. The van der Waals surface area contributed by atoms with Crippen LogP contribution in [0.1, 0.15) is 38.4 Å². The summed E-state index contributed by atoms with van der Waals surface area (Å²) in [4.78, 5) is 11.8. The third-order valence-electron chi connectivity index (χ3n) is 4.24. The number of fused-ring (bicyclic) bond motifs is 1. The fourth-order valence-corrected chi connectivity index (χ4v) is 3.01. The van der Waals surface area contributed by atoms with Crippen molar-refractivity contribution in [3.8, 4) is 0 Å². The van der Waals surface area contributed by atoms with Gasteiger partial charge in [0.05, 0.1) is 11.6 Å². The second kappa shape index (κ2) is 5.66. The van der Waals surface area contributed by atoms with Gasteiger partial charge in [0.1, 0.15) is 6.10 Å². The van der Waals surface area contributed by atoms with Crippen LogP contribution in [0.4, 0.5) is 0 Å². The molecule has 2 aromatic rings. The highest BCUT2D eigenvalue weighted by Crippen LogP contribution is 2.32. The van der Waals surface area contributed by atoms with Gasteiger partial charge in [-0.05, 0) is 36.5 Å². The second-order valence-electron chi connectivity index (χ2n) is 5.79. The Morgan fingerprint density at radius 3 is 2.95 bits per heavy atom. The molecule has 114 valence electrons. The van der Waals surface area contributed by atoms with Crippen LogP contribution in [0.2, 0.25) is 0 Å². The average molecular weight is 291 g/mol. The van der Waals surface area contributed by atoms with Gasteiger partial charge in [0.25, 0.3) is 0 Å². The molecule has 1 aliphatic heterocycles. The molecule has 1 aromatic carbocycles. The first-order chi connectivity index (χ1) is 10.1. The maximum atomic E-state index is 11.8. The Balaban J connectivity index is 1.96. The molecule has 21 heavy (non-hydrogen) atoms. The molecule has 0 aliphatic carbocycles. The van der Waals surface area contributed by atoms with Gasteiger partial charge in [0.15, 0.2) is 5.58 Å². The first kappa shape index (κ1) is 14.4. The van der Waals surface area contributed by atoms with Gasteiger partial charge in [0.2, 0.25) is 0 Å². The van der Waals surface area contributed by atoms with Crippen molar-refractivity contribution in [1.29, 1.82) is 0 Å². The Hall–Kier alpha value is -1.59. The summed E-state index contributed by atoms with van der Waals surface area (Å²) in [5, 5.41) is 10.5. The van der Waals surface area contributed by atoms with Crippen LogP contribution in [0.5, 0.6) is 0 Å². The van der Waals surface area contributed by atoms with E-state index >= 15 is 0 Å². The fraction of sp³-hybridized carbons (Fsp3) is 0.562. The predicted molar refractivity (Wildman–Crippen MR) is 79.2 cm³/mol. The molecule has 0 spiro atoms. The Morgan fingerprint density at radius 1 is 1.48 bits per heavy atom. The van der Waals surface area contributed by atoms with Crippen LogP contribution in [0.25, 0.3) is 11.1 Å². The maximum absolute atomic E-state index is 11.8. The lowest BCUT2D eigenvalue weighted by Gasteiger charge is -2.21. The van der Waals surface area contributed by atoms with E-state index < -0.39 is 6.10 Å². The zero-order valence-electron chi connectivity index (χ0n) is 12.4. The molecule has 1 N–H and O–H groups in total. The van der Waals surface area contributed by atoms with Crippen molar-refractivity contribution < 1.29 is 14.3 Å². The highest BCUT2D eigenvalue weighted by atomic mass is 16.5. The number of hydrogen-bond acceptors (Lipinski definition) is 4. The summed E-state index contributed by atoms with van der Waals surface area (Å²) in [6, 6.07) is 5.44. The molecule has 1 aromatic heterocycles. The molecule has 5 heteroatoms. The molecule has 1 aliphatic rings. The van der Waals surface area contributed by atoms with E-state index in [1.807, 2.05) is 19.1 Å². The standard InChI is InChI=1S/C16H21NO4/c1-3-7-17-12-5-4-11(9-13(12)21-16(17)19)14(18)15-10(2)6-8-20-15/h4-5,9-10,14-15,18H,3,6-8H2,1-2H3. The van der Waals surface area contributed by atoms with Gasteiger partial charge in [-0.2, -0.15) is 0 Å². The molecule has 3 rings (SSSR count). The summed E-state index contributed by atoms with van der Waals surface area (Å²) in [5.74, 6) is -0.0173. The fourth-order valence-electron chi connectivity index (χ4n) is 3.01. The minimum atomic E-state index is -0.688. The van der Waals surface area contributed by atoms with Gasteiger partial charge in [-0.15, -0.1) is 0 Å². The quantitative estimate of drug-likeness (QED) is 0.940. The van der Waals surface area contributed by atoms with E-state index in [1.54, 1.807) is 10.6 Å². The lowest BCUT2D eigenvalue weighted by molar-refractivity contribution is -0.0177. The van der Waals surface area contributed by atoms with E-state index in [-0.39, 0.29) is 11.9 Å². The summed E-state index contributed by atoms with van der Waals surface area (Å²) in [7, 11) is 0. The number of aliphatic hydroxyl groups excluding tert-OH is 1. The molecule has 0 saturated carbocycles. The lowest BCUT2D eigenvalue weighted by Crippen LogP contribution is -2.22. The van der Waals surface area contributed by atoms with Crippen LogP contribution in [0, 0.1) is 5.92 Å². The molecule has 2 heterocycles. The van der Waals surface area contributed by atoms with Gasteiger partial charge in [0, 0.05) is 13.2 Å². The monoisotopic (exact) mass is 291 g/mol. The number of aryl methyl sites for hydroxylation is 1. The van der Waals surface area contributed by atoms with Gasteiger partial charge in [-0.25, -0.2) is 4.79 Å². The van der Waals surface area contributed by atoms with Crippen LogP contribution in [0.3, 0.4) is 0 Å². The summed E-state index contributed by atoms with van der Waals surface area (Å²) in [6.07, 6.45) is 0.955. The first-order valence-corrected chi connectivity index (χ1v) is 7.54. The number of oxazole rings is 1. The molecule has 0 bridgehead atoms. The second-order valence-corrected chi connectivity index (χ2v) is 5.79. The van der Waals surface area contributed by atoms with Crippen LogP contribution >= 0.6 is 0 Å². The Kier molecular flexibility index (Phi) is 3.87. The Bertz CT molecular complexity index is 687. The van der Waals surface area contributed by atoms with E-state index in [2.05, 4.69) is 6.92 Å². The number of benzene rings is 1. The highest BCUT2D eigenvalue weighted by Gasteiger charge is 2.32. The molecule has 1 fully saturated rings. The molecule has 0 amide bonds. The van der Waals surface area contributed by atoms with Crippen LogP contribution < -0.4 is 5.76 Å².